The fourth-order valence-corrected chi connectivity index (χ4v) is 3.88. The first-order chi connectivity index (χ1) is 14.7. The van der Waals surface area contributed by atoms with Crippen molar-refractivity contribution in [3.8, 4) is 17.0 Å². The van der Waals surface area contributed by atoms with E-state index in [0.717, 1.165) is 29.0 Å². The summed E-state index contributed by atoms with van der Waals surface area (Å²) in [7, 11) is -0.186. The van der Waals surface area contributed by atoms with E-state index in [2.05, 4.69) is 58.2 Å². The predicted octanol–water partition coefficient (Wildman–Crippen LogP) is 6.83. The van der Waals surface area contributed by atoms with E-state index in [4.69, 9.17) is 14.1 Å². The number of anilines is 1. The van der Waals surface area contributed by atoms with Gasteiger partial charge in [0.05, 0.1) is 19.4 Å². The predicted molar refractivity (Wildman–Crippen MR) is 136 cm³/mol. The number of methoxy groups -OCH3 is 1. The second-order valence-electron chi connectivity index (χ2n) is 10.8. The molecule has 176 valence electrons. The van der Waals surface area contributed by atoms with E-state index in [1.54, 1.807) is 7.11 Å². The number of carbonyl (C=O) groups is 1. The van der Waals surface area contributed by atoms with Gasteiger partial charge in [0.15, 0.2) is 8.32 Å². The van der Waals surface area contributed by atoms with Gasteiger partial charge in [0.2, 0.25) is 5.91 Å². The van der Waals surface area contributed by atoms with E-state index in [-0.39, 0.29) is 10.9 Å². The molecule has 0 saturated carbocycles. The summed E-state index contributed by atoms with van der Waals surface area (Å²) < 4.78 is 12.2. The maximum atomic E-state index is 12.4. The van der Waals surface area contributed by atoms with Gasteiger partial charge < -0.3 is 14.5 Å². The Morgan fingerprint density at radius 1 is 1.06 bits per heavy atom. The lowest BCUT2D eigenvalue weighted by molar-refractivity contribution is -0.123. The lowest BCUT2D eigenvalue weighted by Gasteiger charge is -2.36. The molecule has 0 unspecified atom stereocenters. The third kappa shape index (κ3) is 6.20. The van der Waals surface area contributed by atoms with Crippen LogP contribution < -0.4 is 10.1 Å². The Labute approximate surface area is 195 Å². The Hall–Kier alpha value is -2.18. The van der Waals surface area contributed by atoms with Gasteiger partial charge in [-0.1, -0.05) is 54.5 Å². The molecule has 0 saturated heterocycles. The van der Waals surface area contributed by atoms with Crippen LogP contribution in [-0.4, -0.2) is 26.3 Å². The van der Waals surface area contributed by atoms with Crippen molar-refractivity contribution in [3.63, 3.8) is 0 Å². The molecule has 0 aliphatic rings. The summed E-state index contributed by atoms with van der Waals surface area (Å²) in [5, 5.41) is 3.07. The van der Waals surface area contributed by atoms with Crippen LogP contribution in [0.25, 0.3) is 11.3 Å². The summed E-state index contributed by atoms with van der Waals surface area (Å²) in [4.78, 5) is 17.1. The van der Waals surface area contributed by atoms with Crippen LogP contribution in [0.2, 0.25) is 18.1 Å². The van der Waals surface area contributed by atoms with Gasteiger partial charge in [0, 0.05) is 11.0 Å². The van der Waals surface area contributed by atoms with E-state index in [9.17, 15) is 4.79 Å². The first-order valence-electron chi connectivity index (χ1n) is 11.3. The van der Waals surface area contributed by atoms with Crippen LogP contribution in [-0.2, 0) is 22.2 Å². The second kappa shape index (κ2) is 9.75. The van der Waals surface area contributed by atoms with E-state index < -0.39 is 13.7 Å². The van der Waals surface area contributed by atoms with E-state index in [1.165, 1.54) is 5.56 Å². The molecule has 0 radical (unpaired) electrons. The summed E-state index contributed by atoms with van der Waals surface area (Å²) in [6.45, 7) is 19.7. The number of rotatable bonds is 7. The Bertz CT molecular complexity index is 957. The average molecular weight is 457 g/mol. The molecule has 1 amide bonds. The van der Waals surface area contributed by atoms with Gasteiger partial charge in [0.25, 0.3) is 0 Å². The van der Waals surface area contributed by atoms with Crippen molar-refractivity contribution in [1.82, 2.24) is 4.98 Å². The molecule has 2 aromatic rings. The van der Waals surface area contributed by atoms with Gasteiger partial charge in [-0.15, -0.1) is 0 Å². The normalized spacial score (nSPS) is 12.6. The minimum atomic E-state index is -1.86. The number of amides is 1. The fourth-order valence-electron chi connectivity index (χ4n) is 2.93. The molecule has 0 atom stereocenters. The van der Waals surface area contributed by atoms with E-state index in [0.29, 0.717) is 12.4 Å². The highest BCUT2D eigenvalue weighted by Crippen LogP contribution is 2.38. The number of pyridine rings is 1. The number of hydrogen-bond acceptors (Lipinski definition) is 4. The summed E-state index contributed by atoms with van der Waals surface area (Å²) in [6, 6.07) is 9.86. The molecule has 1 aromatic heterocycles. The van der Waals surface area contributed by atoms with Gasteiger partial charge in [-0.25, -0.2) is 4.98 Å². The highest BCUT2D eigenvalue weighted by atomic mass is 28.4. The molecule has 0 aliphatic heterocycles. The zero-order valence-electron chi connectivity index (χ0n) is 21.5. The lowest BCUT2D eigenvalue weighted by atomic mass is 9.96. The molecular formula is C26H40N2O3Si. The molecular weight excluding hydrogens is 416 g/mol. The van der Waals surface area contributed by atoms with Gasteiger partial charge in [-0.05, 0) is 59.9 Å². The van der Waals surface area contributed by atoms with Gasteiger partial charge >= 0.3 is 0 Å². The zero-order chi connectivity index (χ0) is 24.3. The van der Waals surface area contributed by atoms with Crippen LogP contribution in [0.4, 0.5) is 5.82 Å². The molecule has 5 nitrogen and oxygen atoms in total. The summed E-state index contributed by atoms with van der Waals surface area (Å²) in [5.74, 6) is 1.22. The van der Waals surface area contributed by atoms with Crippen molar-refractivity contribution in [3.05, 3.63) is 41.5 Å². The van der Waals surface area contributed by atoms with Crippen LogP contribution in [0, 0.1) is 5.41 Å². The Balaban J connectivity index is 2.40. The highest BCUT2D eigenvalue weighted by molar-refractivity contribution is 6.74. The molecule has 0 fully saturated rings. The zero-order valence-corrected chi connectivity index (χ0v) is 22.5. The van der Waals surface area contributed by atoms with E-state index >= 15 is 0 Å². The van der Waals surface area contributed by atoms with Crippen molar-refractivity contribution in [2.75, 3.05) is 12.4 Å². The maximum absolute atomic E-state index is 12.4. The average Bonchev–Trinajstić information content (AvgIpc) is 2.70. The van der Waals surface area contributed by atoms with Crippen LogP contribution >= 0.6 is 0 Å². The van der Waals surface area contributed by atoms with Crippen LogP contribution in [0.1, 0.15) is 59.6 Å². The number of aromatic nitrogens is 1. The topological polar surface area (TPSA) is 60.5 Å². The number of benzene rings is 1. The molecule has 32 heavy (non-hydrogen) atoms. The molecule has 0 spiro atoms. The highest BCUT2D eigenvalue weighted by Gasteiger charge is 2.37. The number of ether oxygens (including phenoxy) is 1. The molecule has 0 aliphatic carbocycles. The minimum Gasteiger partial charge on any atom is -0.496 e. The Morgan fingerprint density at radius 3 is 2.25 bits per heavy atom. The smallest absolute Gasteiger partial charge is 0.230 e. The summed E-state index contributed by atoms with van der Waals surface area (Å²) in [6.07, 6.45) is 0.883. The molecule has 1 heterocycles. The second-order valence-corrected chi connectivity index (χ2v) is 15.6. The van der Waals surface area contributed by atoms with Crippen molar-refractivity contribution in [2.45, 2.75) is 79.6 Å². The molecule has 0 bridgehead atoms. The van der Waals surface area contributed by atoms with Crippen molar-refractivity contribution in [1.29, 1.82) is 0 Å². The molecule has 2 rings (SSSR count). The number of aryl methyl sites for hydroxylation is 1. The SMILES string of the molecule is CCc1cc(-c2cccc(NC(=O)C(C)(C)C)n2)c(OC)cc1CO[Si](C)(C)C(C)(C)C. The van der Waals surface area contributed by atoms with E-state index in [1.807, 2.05) is 39.0 Å². The lowest BCUT2D eigenvalue weighted by Crippen LogP contribution is -2.40. The number of hydrogen-bond donors (Lipinski definition) is 1. The Kier molecular flexibility index (Phi) is 7.95. The molecule has 1 aromatic carbocycles. The Morgan fingerprint density at radius 2 is 1.72 bits per heavy atom. The summed E-state index contributed by atoms with van der Waals surface area (Å²) >= 11 is 0. The number of carbonyl (C=O) groups excluding carboxylic acids is 1. The van der Waals surface area contributed by atoms with Crippen LogP contribution in [0.5, 0.6) is 5.75 Å². The standard InChI is InChI=1S/C26H40N2O3Si/c1-11-18-15-20(21-13-12-14-23(27-21)28-24(29)25(2,3)4)22(30-8)16-19(18)17-31-32(9,10)26(5,6)7/h12-16H,11,17H2,1-10H3,(H,27,28,29). The first kappa shape index (κ1) is 26.1. The monoisotopic (exact) mass is 456 g/mol. The van der Waals surface area contributed by atoms with Crippen molar-refractivity contribution < 1.29 is 14.0 Å². The van der Waals surface area contributed by atoms with Gasteiger partial charge in [-0.2, -0.15) is 0 Å². The van der Waals surface area contributed by atoms with Gasteiger partial charge in [-0.3, -0.25) is 4.79 Å². The largest absolute Gasteiger partial charge is 0.496 e. The number of nitrogens with zero attached hydrogens (tertiary/aromatic N) is 1. The fraction of sp³-hybridized carbons (Fsp3) is 0.538. The van der Waals surface area contributed by atoms with Gasteiger partial charge in [0.1, 0.15) is 11.6 Å². The quantitative estimate of drug-likeness (QED) is 0.464. The number of nitrogens with one attached hydrogen (secondary N) is 1. The molecule has 1 N–H and O–H groups in total. The molecule has 6 heteroatoms. The minimum absolute atomic E-state index is 0.0681. The summed E-state index contributed by atoms with van der Waals surface area (Å²) in [5.41, 5.74) is 3.55. The first-order valence-corrected chi connectivity index (χ1v) is 14.2. The van der Waals surface area contributed by atoms with Crippen molar-refractivity contribution >= 4 is 20.0 Å². The maximum Gasteiger partial charge on any atom is 0.230 e. The third-order valence-electron chi connectivity index (χ3n) is 6.25. The van der Waals surface area contributed by atoms with Crippen molar-refractivity contribution in [2.24, 2.45) is 5.41 Å². The van der Waals surface area contributed by atoms with Crippen LogP contribution in [0.15, 0.2) is 30.3 Å². The van der Waals surface area contributed by atoms with Crippen LogP contribution in [0.3, 0.4) is 0 Å². The third-order valence-corrected chi connectivity index (χ3v) is 10.7.